The third-order valence-corrected chi connectivity index (χ3v) is 4.46. The van der Waals surface area contributed by atoms with Gasteiger partial charge in [-0.05, 0) is 36.6 Å². The van der Waals surface area contributed by atoms with Crippen LogP contribution in [-0.4, -0.2) is 21.0 Å². The van der Waals surface area contributed by atoms with Crippen LogP contribution in [-0.2, 0) is 10.0 Å². The molecule has 7 heteroatoms. The fourth-order valence-corrected chi connectivity index (χ4v) is 2.60. The van der Waals surface area contributed by atoms with Crippen LogP contribution in [0.4, 0.5) is 10.5 Å². The van der Waals surface area contributed by atoms with Gasteiger partial charge in [0.15, 0.2) is 0 Å². The van der Waals surface area contributed by atoms with E-state index >= 15 is 0 Å². The van der Waals surface area contributed by atoms with Crippen LogP contribution in [0.1, 0.15) is 39.5 Å². The molecule has 4 N–H and O–H groups in total. The van der Waals surface area contributed by atoms with Crippen molar-refractivity contribution in [3.05, 3.63) is 24.3 Å². The van der Waals surface area contributed by atoms with Crippen LogP contribution < -0.4 is 15.8 Å². The van der Waals surface area contributed by atoms with Crippen molar-refractivity contribution in [1.29, 1.82) is 0 Å². The summed E-state index contributed by atoms with van der Waals surface area (Å²) < 4.78 is 22.3. The molecule has 0 aliphatic carbocycles. The summed E-state index contributed by atoms with van der Waals surface area (Å²) in [5.74, 6) is 0.482. The van der Waals surface area contributed by atoms with Gasteiger partial charge in [-0.3, -0.25) is 0 Å². The maximum atomic E-state index is 11.8. The summed E-state index contributed by atoms with van der Waals surface area (Å²) in [5.41, 5.74) is 0.520. The molecule has 2 amide bonds. The van der Waals surface area contributed by atoms with Gasteiger partial charge in [0.2, 0.25) is 10.0 Å². The van der Waals surface area contributed by atoms with Crippen molar-refractivity contribution >= 4 is 21.7 Å². The summed E-state index contributed by atoms with van der Waals surface area (Å²) >= 11 is 0. The first-order chi connectivity index (χ1) is 10.4. The molecule has 22 heavy (non-hydrogen) atoms. The molecule has 0 bridgehead atoms. The second kappa shape index (κ2) is 8.75. The summed E-state index contributed by atoms with van der Waals surface area (Å²) in [7, 11) is -3.71. The van der Waals surface area contributed by atoms with E-state index in [1.54, 1.807) is 0 Å². The van der Waals surface area contributed by atoms with E-state index in [2.05, 4.69) is 24.5 Å². The Kier molecular flexibility index (Phi) is 7.34. The van der Waals surface area contributed by atoms with Gasteiger partial charge in [-0.2, -0.15) is 0 Å². The highest BCUT2D eigenvalue weighted by molar-refractivity contribution is 7.89. The standard InChI is InChI=1S/C15H25N3O3S/c1-3-5-6-12(4-2)11-17-15(19)18-13-7-9-14(10-8-13)22(16,20)21/h7-10,12H,3-6,11H2,1-2H3,(H2,16,20,21)(H2,17,18,19). The molecular weight excluding hydrogens is 302 g/mol. The summed E-state index contributed by atoms with van der Waals surface area (Å²) in [6, 6.07) is 5.45. The topological polar surface area (TPSA) is 101 Å². The molecule has 0 spiro atoms. The SMILES string of the molecule is CCCCC(CC)CNC(=O)Nc1ccc(S(N)(=O)=O)cc1. The van der Waals surface area contributed by atoms with Gasteiger partial charge >= 0.3 is 6.03 Å². The minimum absolute atomic E-state index is 0.0177. The molecule has 0 aliphatic heterocycles. The van der Waals surface area contributed by atoms with Gasteiger partial charge in [0.1, 0.15) is 0 Å². The number of rotatable bonds is 8. The largest absolute Gasteiger partial charge is 0.338 e. The Morgan fingerprint density at radius 3 is 2.36 bits per heavy atom. The molecule has 0 saturated carbocycles. The van der Waals surface area contributed by atoms with Crippen LogP contribution in [0.25, 0.3) is 0 Å². The summed E-state index contributed by atoms with van der Waals surface area (Å²) in [4.78, 5) is 11.8. The summed E-state index contributed by atoms with van der Waals surface area (Å²) in [6.45, 7) is 4.90. The van der Waals surface area contributed by atoms with Crippen LogP contribution >= 0.6 is 0 Å². The molecule has 124 valence electrons. The van der Waals surface area contributed by atoms with E-state index in [-0.39, 0.29) is 10.9 Å². The van der Waals surface area contributed by atoms with Gasteiger partial charge in [-0.15, -0.1) is 0 Å². The molecule has 1 unspecified atom stereocenters. The zero-order chi connectivity index (χ0) is 16.6. The molecule has 1 aromatic rings. The lowest BCUT2D eigenvalue weighted by atomic mass is 9.99. The highest BCUT2D eigenvalue weighted by atomic mass is 32.2. The highest BCUT2D eigenvalue weighted by Crippen LogP contribution is 2.13. The van der Waals surface area contributed by atoms with Crippen LogP contribution in [0, 0.1) is 5.92 Å². The molecule has 0 aromatic heterocycles. The Morgan fingerprint density at radius 1 is 1.23 bits per heavy atom. The van der Waals surface area contributed by atoms with Gasteiger partial charge in [-0.1, -0.05) is 33.1 Å². The van der Waals surface area contributed by atoms with Crippen LogP contribution in [0.15, 0.2) is 29.2 Å². The Bertz CT molecular complexity index is 570. The number of sulfonamides is 1. The van der Waals surface area contributed by atoms with E-state index in [0.717, 1.165) is 25.7 Å². The number of nitrogens with two attached hydrogens (primary N) is 1. The van der Waals surface area contributed by atoms with Gasteiger partial charge in [0.25, 0.3) is 0 Å². The molecular formula is C15H25N3O3S. The van der Waals surface area contributed by atoms with Crippen LogP contribution in [0.3, 0.4) is 0 Å². The lowest BCUT2D eigenvalue weighted by Gasteiger charge is -2.15. The van der Waals surface area contributed by atoms with Crippen molar-refractivity contribution < 1.29 is 13.2 Å². The average Bonchev–Trinajstić information content (AvgIpc) is 2.47. The Hall–Kier alpha value is -1.60. The molecule has 1 aromatic carbocycles. The summed E-state index contributed by atoms with van der Waals surface area (Å²) in [6.07, 6.45) is 4.45. The highest BCUT2D eigenvalue weighted by Gasteiger charge is 2.10. The number of urea groups is 1. The average molecular weight is 327 g/mol. The zero-order valence-electron chi connectivity index (χ0n) is 13.1. The van der Waals surface area contributed by atoms with Crippen LogP contribution in [0.5, 0.6) is 0 Å². The van der Waals surface area contributed by atoms with Crippen molar-refractivity contribution in [1.82, 2.24) is 5.32 Å². The molecule has 0 aliphatic rings. The normalized spacial score (nSPS) is 12.7. The third-order valence-electron chi connectivity index (χ3n) is 3.54. The lowest BCUT2D eigenvalue weighted by molar-refractivity contribution is 0.249. The number of amides is 2. The number of nitrogens with one attached hydrogen (secondary N) is 2. The summed E-state index contributed by atoms with van der Waals surface area (Å²) in [5, 5.41) is 10.5. The van der Waals surface area contributed by atoms with E-state index in [1.807, 2.05) is 0 Å². The number of carbonyl (C=O) groups excluding carboxylic acids is 1. The van der Waals surface area contributed by atoms with Crippen molar-refractivity contribution in [2.24, 2.45) is 11.1 Å². The molecule has 6 nitrogen and oxygen atoms in total. The number of benzene rings is 1. The number of anilines is 1. The molecule has 0 saturated heterocycles. The van der Waals surface area contributed by atoms with Gasteiger partial charge in [0, 0.05) is 12.2 Å². The number of hydrogen-bond acceptors (Lipinski definition) is 3. The maximum Gasteiger partial charge on any atom is 0.319 e. The first kappa shape index (κ1) is 18.4. The Morgan fingerprint density at radius 2 is 1.86 bits per heavy atom. The predicted octanol–water partition coefficient (Wildman–Crippen LogP) is 2.67. The van der Waals surface area contributed by atoms with Gasteiger partial charge < -0.3 is 10.6 Å². The Balaban J connectivity index is 2.48. The minimum atomic E-state index is -3.71. The number of unbranched alkanes of at least 4 members (excludes halogenated alkanes) is 1. The molecule has 0 fully saturated rings. The quantitative estimate of drug-likeness (QED) is 0.684. The molecule has 0 radical (unpaired) electrons. The van der Waals surface area contributed by atoms with Gasteiger partial charge in [-0.25, -0.2) is 18.4 Å². The second-order valence-electron chi connectivity index (χ2n) is 5.32. The van der Waals surface area contributed by atoms with E-state index in [9.17, 15) is 13.2 Å². The third kappa shape index (κ3) is 6.44. The predicted molar refractivity (Wildman–Crippen MR) is 88.1 cm³/mol. The van der Waals surface area contributed by atoms with E-state index in [4.69, 9.17) is 5.14 Å². The second-order valence-corrected chi connectivity index (χ2v) is 6.88. The van der Waals surface area contributed by atoms with Crippen molar-refractivity contribution in [2.45, 2.75) is 44.4 Å². The smallest absolute Gasteiger partial charge is 0.319 e. The molecule has 0 heterocycles. The monoisotopic (exact) mass is 327 g/mol. The van der Waals surface area contributed by atoms with E-state index < -0.39 is 10.0 Å². The number of hydrogen-bond donors (Lipinski definition) is 3. The Labute approximate surface area is 132 Å². The van der Waals surface area contributed by atoms with E-state index in [1.165, 1.54) is 24.3 Å². The fourth-order valence-electron chi connectivity index (χ4n) is 2.08. The van der Waals surface area contributed by atoms with Crippen molar-refractivity contribution in [3.8, 4) is 0 Å². The fraction of sp³-hybridized carbons (Fsp3) is 0.533. The first-order valence-corrected chi connectivity index (χ1v) is 9.09. The zero-order valence-corrected chi connectivity index (χ0v) is 13.9. The van der Waals surface area contributed by atoms with Gasteiger partial charge in [0.05, 0.1) is 4.90 Å². The molecule has 1 atom stereocenters. The van der Waals surface area contributed by atoms with Crippen molar-refractivity contribution in [2.75, 3.05) is 11.9 Å². The number of primary sulfonamides is 1. The maximum absolute atomic E-state index is 11.8. The van der Waals surface area contributed by atoms with E-state index in [0.29, 0.717) is 18.2 Å². The minimum Gasteiger partial charge on any atom is -0.338 e. The number of carbonyl (C=O) groups is 1. The lowest BCUT2D eigenvalue weighted by Crippen LogP contribution is -2.33. The van der Waals surface area contributed by atoms with Crippen molar-refractivity contribution in [3.63, 3.8) is 0 Å². The first-order valence-electron chi connectivity index (χ1n) is 7.54. The molecule has 1 rings (SSSR count). The van der Waals surface area contributed by atoms with Crippen LogP contribution in [0.2, 0.25) is 0 Å².